The molecule has 0 saturated heterocycles. The summed E-state index contributed by atoms with van der Waals surface area (Å²) in [7, 11) is 0. The molecule has 1 unspecified atom stereocenters. The summed E-state index contributed by atoms with van der Waals surface area (Å²) in [5.74, 6) is 0.131. The first-order chi connectivity index (χ1) is 10.1. The molecule has 6 nitrogen and oxygen atoms in total. The zero-order valence-corrected chi connectivity index (χ0v) is 12.3. The third-order valence-electron chi connectivity index (χ3n) is 2.80. The van der Waals surface area contributed by atoms with Crippen LogP contribution in [0.1, 0.15) is 22.9 Å². The fourth-order valence-corrected chi connectivity index (χ4v) is 3.04. The predicted octanol–water partition coefficient (Wildman–Crippen LogP) is 2.05. The Bertz CT molecular complexity index is 685. The Morgan fingerprint density at radius 2 is 2.19 bits per heavy atom. The van der Waals surface area contributed by atoms with Gasteiger partial charge in [0.1, 0.15) is 5.84 Å². The van der Waals surface area contributed by atoms with Crippen LogP contribution in [0.5, 0.6) is 0 Å². The number of rotatable bonds is 5. The molecule has 0 saturated carbocycles. The van der Waals surface area contributed by atoms with Crippen LogP contribution in [-0.4, -0.2) is 21.0 Å². The van der Waals surface area contributed by atoms with Crippen molar-refractivity contribution in [3.8, 4) is 0 Å². The Labute approximate surface area is 126 Å². The van der Waals surface area contributed by atoms with Crippen molar-refractivity contribution in [2.24, 2.45) is 10.9 Å². The number of aromatic nitrogens is 2. The molecule has 0 radical (unpaired) electrons. The molecule has 1 aromatic heterocycles. The molecule has 0 aliphatic heterocycles. The van der Waals surface area contributed by atoms with Crippen molar-refractivity contribution in [1.29, 1.82) is 0 Å². The fraction of sp³-hybridized carbons (Fsp3) is 0.214. The van der Waals surface area contributed by atoms with Gasteiger partial charge >= 0.3 is 0 Å². The number of H-pyrrole nitrogens is 1. The third-order valence-corrected chi connectivity index (χ3v) is 3.94. The number of benzene rings is 1. The number of hydrogen-bond acceptors (Lipinski definition) is 5. The lowest BCUT2D eigenvalue weighted by Crippen LogP contribution is -2.15. The highest BCUT2D eigenvalue weighted by Gasteiger charge is 2.17. The van der Waals surface area contributed by atoms with Crippen molar-refractivity contribution in [1.82, 2.24) is 9.97 Å². The van der Waals surface area contributed by atoms with E-state index in [-0.39, 0.29) is 16.6 Å². The summed E-state index contributed by atoms with van der Waals surface area (Å²) in [5, 5.41) is 12.2. The molecule has 21 heavy (non-hydrogen) atoms. The average Bonchev–Trinajstić information content (AvgIpc) is 2.46. The smallest absolute Gasteiger partial charge is 0.251 e. The van der Waals surface area contributed by atoms with Crippen LogP contribution in [0.2, 0.25) is 0 Å². The van der Waals surface area contributed by atoms with E-state index in [1.54, 1.807) is 6.92 Å². The molecule has 4 N–H and O–H groups in total. The highest BCUT2D eigenvalue weighted by molar-refractivity contribution is 7.99. The quantitative estimate of drug-likeness (QED) is 0.196. The normalized spacial score (nSPS) is 13.1. The average molecular weight is 304 g/mol. The Morgan fingerprint density at radius 1 is 1.48 bits per heavy atom. The molecule has 0 aliphatic rings. The van der Waals surface area contributed by atoms with Gasteiger partial charge in [-0.3, -0.25) is 4.79 Å². The first-order valence-corrected chi connectivity index (χ1v) is 7.22. The van der Waals surface area contributed by atoms with Gasteiger partial charge in [-0.2, -0.15) is 0 Å². The van der Waals surface area contributed by atoms with E-state index in [2.05, 4.69) is 15.1 Å². The monoisotopic (exact) mass is 304 g/mol. The van der Waals surface area contributed by atoms with Crippen molar-refractivity contribution in [3.63, 3.8) is 0 Å². The zero-order valence-electron chi connectivity index (χ0n) is 11.5. The summed E-state index contributed by atoms with van der Waals surface area (Å²) in [6.45, 7) is 1.76. The van der Waals surface area contributed by atoms with E-state index in [1.165, 1.54) is 17.8 Å². The van der Waals surface area contributed by atoms with Crippen LogP contribution in [0.25, 0.3) is 0 Å². The molecule has 1 atom stereocenters. The molecule has 0 spiro atoms. The molecule has 110 valence electrons. The number of oxime groups is 1. The first-order valence-electron chi connectivity index (χ1n) is 6.34. The molecule has 2 aromatic rings. The summed E-state index contributed by atoms with van der Waals surface area (Å²) in [4.78, 5) is 18.5. The maximum atomic E-state index is 11.5. The molecule has 7 heteroatoms. The second kappa shape index (κ2) is 6.94. The molecule has 0 fully saturated rings. The second-order valence-corrected chi connectivity index (χ2v) is 5.70. The maximum Gasteiger partial charge on any atom is 0.251 e. The van der Waals surface area contributed by atoms with Crippen LogP contribution >= 0.6 is 11.8 Å². The number of thioether (sulfide) groups is 1. The van der Waals surface area contributed by atoms with E-state index in [9.17, 15) is 4.79 Å². The molecule has 0 amide bonds. The van der Waals surface area contributed by atoms with Gasteiger partial charge in [-0.25, -0.2) is 4.98 Å². The van der Waals surface area contributed by atoms with E-state index in [0.717, 1.165) is 5.56 Å². The lowest BCUT2D eigenvalue weighted by Gasteiger charge is -2.15. The van der Waals surface area contributed by atoms with E-state index in [0.29, 0.717) is 17.3 Å². The highest BCUT2D eigenvalue weighted by Crippen LogP contribution is 2.35. The van der Waals surface area contributed by atoms with Gasteiger partial charge in [0.2, 0.25) is 0 Å². The van der Waals surface area contributed by atoms with Gasteiger partial charge in [0.15, 0.2) is 5.16 Å². The third kappa shape index (κ3) is 4.35. The molecule has 1 aromatic carbocycles. The minimum Gasteiger partial charge on any atom is -0.409 e. The zero-order chi connectivity index (χ0) is 15.2. The van der Waals surface area contributed by atoms with E-state index >= 15 is 0 Å². The Morgan fingerprint density at radius 3 is 2.81 bits per heavy atom. The lowest BCUT2D eigenvalue weighted by molar-refractivity contribution is 0.317. The summed E-state index contributed by atoms with van der Waals surface area (Å²) in [6.07, 6.45) is 0.350. The van der Waals surface area contributed by atoms with Gasteiger partial charge in [0.05, 0.1) is 0 Å². The van der Waals surface area contributed by atoms with Gasteiger partial charge in [0, 0.05) is 23.4 Å². The Kier molecular flexibility index (Phi) is 4.99. The highest BCUT2D eigenvalue weighted by atomic mass is 32.2. The van der Waals surface area contributed by atoms with E-state index in [1.807, 2.05) is 30.3 Å². The predicted molar refractivity (Wildman–Crippen MR) is 82.7 cm³/mol. The number of nitrogens with two attached hydrogens (primary N) is 1. The number of hydrogen-bond donors (Lipinski definition) is 3. The number of aromatic amines is 1. The van der Waals surface area contributed by atoms with Crippen LogP contribution in [0.4, 0.5) is 0 Å². The fourth-order valence-electron chi connectivity index (χ4n) is 1.87. The van der Waals surface area contributed by atoms with Crippen LogP contribution in [-0.2, 0) is 0 Å². The van der Waals surface area contributed by atoms with Crippen molar-refractivity contribution in [2.45, 2.75) is 23.8 Å². The summed E-state index contributed by atoms with van der Waals surface area (Å²) < 4.78 is 0. The first kappa shape index (κ1) is 15.1. The molecule has 0 aliphatic carbocycles. The molecule has 0 bridgehead atoms. The number of nitrogens with zero attached hydrogens (tertiary/aromatic N) is 2. The summed E-state index contributed by atoms with van der Waals surface area (Å²) >= 11 is 1.38. The van der Waals surface area contributed by atoms with Crippen molar-refractivity contribution in [3.05, 3.63) is 58.0 Å². The van der Waals surface area contributed by atoms with Gasteiger partial charge in [-0.15, -0.1) is 0 Å². The van der Waals surface area contributed by atoms with Crippen LogP contribution in [0.3, 0.4) is 0 Å². The number of amidine groups is 1. The SMILES string of the molecule is Cc1cc(=O)[nH]c(SC(CC(N)=NO)c2ccccc2)n1. The van der Waals surface area contributed by atoms with Crippen LogP contribution < -0.4 is 11.3 Å². The van der Waals surface area contributed by atoms with E-state index in [4.69, 9.17) is 10.9 Å². The Hall–Kier alpha value is -2.28. The van der Waals surface area contributed by atoms with Gasteiger partial charge in [-0.1, -0.05) is 47.2 Å². The Balaban J connectivity index is 2.29. The van der Waals surface area contributed by atoms with Crippen LogP contribution in [0.15, 0.2) is 51.5 Å². The topological polar surface area (TPSA) is 104 Å². The van der Waals surface area contributed by atoms with E-state index < -0.39 is 0 Å². The number of nitrogens with one attached hydrogen (secondary N) is 1. The standard InChI is InChI=1S/C14H16N4O2S/c1-9-7-13(19)17-14(16-9)21-11(8-12(15)18-20)10-5-3-2-4-6-10/h2-7,11,20H,8H2,1H3,(H2,15,18)(H,16,17,19). The van der Waals surface area contributed by atoms with Crippen molar-refractivity contribution in [2.75, 3.05) is 0 Å². The minimum absolute atomic E-state index is 0.105. The molecule has 2 rings (SSSR count). The summed E-state index contributed by atoms with van der Waals surface area (Å²) in [5.41, 5.74) is 7.09. The largest absolute Gasteiger partial charge is 0.409 e. The van der Waals surface area contributed by atoms with Crippen LogP contribution in [0, 0.1) is 6.92 Å². The van der Waals surface area contributed by atoms with Gasteiger partial charge in [0.25, 0.3) is 5.56 Å². The molecular weight excluding hydrogens is 288 g/mol. The maximum absolute atomic E-state index is 11.5. The van der Waals surface area contributed by atoms with Crippen molar-refractivity contribution < 1.29 is 5.21 Å². The van der Waals surface area contributed by atoms with Gasteiger partial charge in [-0.05, 0) is 12.5 Å². The second-order valence-electron chi connectivity index (χ2n) is 4.50. The minimum atomic E-state index is -0.194. The number of aryl methyl sites for hydroxylation is 1. The van der Waals surface area contributed by atoms with Gasteiger partial charge < -0.3 is 15.9 Å². The molecule has 1 heterocycles. The molecular formula is C14H16N4O2S. The summed E-state index contributed by atoms with van der Waals surface area (Å²) in [6, 6.07) is 11.1. The lowest BCUT2D eigenvalue weighted by atomic mass is 10.1. The van der Waals surface area contributed by atoms with Crippen molar-refractivity contribution >= 4 is 17.6 Å².